The highest BCUT2D eigenvalue weighted by atomic mass is 28.3. The van der Waals surface area contributed by atoms with E-state index in [0.29, 0.717) is 6.04 Å². The Kier molecular flexibility index (Phi) is 4.24. The van der Waals surface area contributed by atoms with E-state index in [0.717, 1.165) is 0 Å². The lowest BCUT2D eigenvalue weighted by molar-refractivity contribution is 0.558. The molecule has 1 nitrogen and oxygen atoms in total. The topological polar surface area (TPSA) is 17.1 Å². The Balaban J connectivity index is 2.73. The number of carbonyl (C=O) groups excluding carboxylic acids is 1. The zero-order chi connectivity index (χ0) is 14.6. The van der Waals surface area contributed by atoms with E-state index in [1.807, 2.05) is 12.1 Å². The summed E-state index contributed by atoms with van der Waals surface area (Å²) in [6.45, 7) is 6.74. The molecule has 0 aliphatic carbocycles. The van der Waals surface area contributed by atoms with Gasteiger partial charge in [0.1, 0.15) is 8.07 Å². The average molecular weight is 281 g/mol. The largest absolute Gasteiger partial charge is 0.291 e. The molecule has 0 saturated heterocycles. The number of hydrogen-bond acceptors (Lipinski definition) is 1. The predicted octanol–water partition coefficient (Wildman–Crippen LogP) is 3.16. The van der Waals surface area contributed by atoms with Crippen molar-refractivity contribution in [3.8, 4) is 0 Å². The first-order valence-electron chi connectivity index (χ1n) is 6.98. The zero-order valence-electron chi connectivity index (χ0n) is 12.4. The first-order chi connectivity index (χ1) is 9.52. The fourth-order valence-corrected chi connectivity index (χ4v) is 7.80. The highest BCUT2D eigenvalue weighted by Gasteiger charge is 2.47. The van der Waals surface area contributed by atoms with E-state index in [1.54, 1.807) is 0 Å². The molecule has 2 rings (SSSR count). The Morgan fingerprint density at radius 2 is 1.25 bits per heavy atom. The van der Waals surface area contributed by atoms with Gasteiger partial charge in [0.25, 0.3) is 0 Å². The van der Waals surface area contributed by atoms with Crippen molar-refractivity contribution in [2.24, 2.45) is 0 Å². The minimum Gasteiger partial charge on any atom is -0.291 e. The Morgan fingerprint density at radius 3 is 1.55 bits per heavy atom. The molecule has 0 N–H and O–H groups in total. The molecule has 0 amide bonds. The van der Waals surface area contributed by atoms with Crippen molar-refractivity contribution in [3.63, 3.8) is 0 Å². The fraction of sp³-hybridized carbons (Fsp3) is 0.278. The van der Waals surface area contributed by atoms with E-state index >= 15 is 0 Å². The van der Waals surface area contributed by atoms with Crippen LogP contribution in [0.2, 0.25) is 11.1 Å². The normalized spacial score (nSPS) is 12.2. The molecule has 2 aromatic carbocycles. The van der Waals surface area contributed by atoms with Crippen LogP contribution in [-0.4, -0.2) is 14.4 Å². The molecule has 0 atom stereocenters. The molecule has 0 bridgehead atoms. The molecule has 2 heteroatoms. The Hall–Kier alpha value is -1.67. The average Bonchev–Trinajstić information content (AvgIpc) is 2.45. The lowest BCUT2D eigenvalue weighted by atomic mass is 10.2. The summed E-state index contributed by atoms with van der Waals surface area (Å²) in [7, 11) is -2.17. The maximum Gasteiger partial charge on any atom is 0.196 e. The van der Waals surface area contributed by atoms with Gasteiger partial charge in [0.05, 0.1) is 0 Å². The van der Waals surface area contributed by atoms with Gasteiger partial charge in [-0.1, -0.05) is 91.8 Å². The number of rotatable bonds is 4. The highest BCUT2D eigenvalue weighted by molar-refractivity contribution is 7.05. The van der Waals surface area contributed by atoms with Gasteiger partial charge in [0.15, 0.2) is 6.29 Å². The maximum absolute atomic E-state index is 11.3. The van der Waals surface area contributed by atoms with Crippen molar-refractivity contribution in [2.45, 2.75) is 31.9 Å². The molecule has 0 heterocycles. The summed E-state index contributed by atoms with van der Waals surface area (Å²) in [6.07, 6.45) is 2.22. The third kappa shape index (κ3) is 2.48. The SMILES string of the molecule is CC(C)(C)[Si](C[C]=O)(c1ccccc1)c1ccccc1. The van der Waals surface area contributed by atoms with Crippen molar-refractivity contribution < 1.29 is 4.79 Å². The van der Waals surface area contributed by atoms with Crippen molar-refractivity contribution >= 4 is 24.7 Å². The van der Waals surface area contributed by atoms with E-state index in [9.17, 15) is 4.79 Å². The van der Waals surface area contributed by atoms with Gasteiger partial charge < -0.3 is 0 Å². The summed E-state index contributed by atoms with van der Waals surface area (Å²) in [5.41, 5.74) is 0. The predicted molar refractivity (Wildman–Crippen MR) is 88.1 cm³/mol. The molecule has 0 saturated carbocycles. The third-order valence-electron chi connectivity index (χ3n) is 4.15. The molecule has 0 aromatic heterocycles. The van der Waals surface area contributed by atoms with E-state index < -0.39 is 8.07 Å². The van der Waals surface area contributed by atoms with Crippen LogP contribution >= 0.6 is 0 Å². The van der Waals surface area contributed by atoms with Crippen molar-refractivity contribution in [2.75, 3.05) is 0 Å². The van der Waals surface area contributed by atoms with E-state index in [-0.39, 0.29) is 5.04 Å². The molecule has 103 valence electrons. The molecule has 0 unspecified atom stereocenters. The van der Waals surface area contributed by atoms with Gasteiger partial charge in [-0.15, -0.1) is 0 Å². The minimum atomic E-state index is -2.17. The lowest BCUT2D eigenvalue weighted by Crippen LogP contribution is -2.64. The third-order valence-corrected chi connectivity index (χ3v) is 10.0. The van der Waals surface area contributed by atoms with Gasteiger partial charge >= 0.3 is 0 Å². The molecule has 0 fully saturated rings. The van der Waals surface area contributed by atoms with E-state index in [1.165, 1.54) is 10.4 Å². The van der Waals surface area contributed by atoms with Crippen LogP contribution in [0.25, 0.3) is 0 Å². The Morgan fingerprint density at radius 1 is 0.850 bits per heavy atom. The quantitative estimate of drug-likeness (QED) is 0.787. The first-order valence-corrected chi connectivity index (χ1v) is 9.19. The van der Waals surface area contributed by atoms with Crippen LogP contribution in [0.15, 0.2) is 60.7 Å². The summed E-state index contributed by atoms with van der Waals surface area (Å²) < 4.78 is 0. The lowest BCUT2D eigenvalue weighted by Gasteiger charge is -2.42. The molecule has 2 aromatic rings. The summed E-state index contributed by atoms with van der Waals surface area (Å²) in [6, 6.07) is 21.5. The van der Waals surface area contributed by atoms with Gasteiger partial charge in [0, 0.05) is 6.04 Å². The zero-order valence-corrected chi connectivity index (χ0v) is 13.4. The molecule has 0 spiro atoms. The van der Waals surface area contributed by atoms with Crippen molar-refractivity contribution in [3.05, 3.63) is 60.7 Å². The van der Waals surface area contributed by atoms with Crippen LogP contribution in [0.3, 0.4) is 0 Å². The second kappa shape index (κ2) is 5.76. The van der Waals surface area contributed by atoms with Gasteiger partial charge in [-0.05, 0) is 5.04 Å². The number of hydrogen-bond donors (Lipinski definition) is 0. The molecular weight excluding hydrogens is 260 g/mol. The molecular formula is C18H21OSi. The Labute approximate surface area is 122 Å². The number of benzene rings is 2. The maximum atomic E-state index is 11.3. The van der Waals surface area contributed by atoms with Crippen molar-refractivity contribution in [1.82, 2.24) is 0 Å². The smallest absolute Gasteiger partial charge is 0.196 e. The highest BCUT2D eigenvalue weighted by Crippen LogP contribution is 2.37. The van der Waals surface area contributed by atoms with Gasteiger partial charge in [-0.3, -0.25) is 4.79 Å². The van der Waals surface area contributed by atoms with Crippen molar-refractivity contribution in [1.29, 1.82) is 0 Å². The summed E-state index contributed by atoms with van der Waals surface area (Å²) >= 11 is 0. The van der Waals surface area contributed by atoms with Gasteiger partial charge in [-0.2, -0.15) is 0 Å². The van der Waals surface area contributed by atoms with E-state index in [2.05, 4.69) is 75.6 Å². The van der Waals surface area contributed by atoms with Crippen LogP contribution in [0.4, 0.5) is 0 Å². The summed E-state index contributed by atoms with van der Waals surface area (Å²) in [4.78, 5) is 11.3. The Bertz CT molecular complexity index is 515. The van der Waals surface area contributed by atoms with Crippen LogP contribution in [0.1, 0.15) is 20.8 Å². The molecule has 1 radical (unpaired) electrons. The van der Waals surface area contributed by atoms with Gasteiger partial charge in [0.2, 0.25) is 0 Å². The fourth-order valence-electron chi connectivity index (χ4n) is 3.06. The van der Waals surface area contributed by atoms with Crippen LogP contribution in [0.5, 0.6) is 0 Å². The second-order valence-electron chi connectivity index (χ2n) is 6.21. The molecule has 0 aliphatic rings. The summed E-state index contributed by atoms with van der Waals surface area (Å²) in [5.74, 6) is 0. The van der Waals surface area contributed by atoms with Gasteiger partial charge in [-0.25, -0.2) is 0 Å². The van der Waals surface area contributed by atoms with Crippen LogP contribution < -0.4 is 10.4 Å². The first kappa shape index (κ1) is 14.7. The van der Waals surface area contributed by atoms with Crippen LogP contribution in [-0.2, 0) is 4.79 Å². The minimum absolute atomic E-state index is 0.0487. The summed E-state index contributed by atoms with van der Waals surface area (Å²) in [5, 5.41) is 2.66. The van der Waals surface area contributed by atoms with Crippen LogP contribution in [0, 0.1) is 0 Å². The second-order valence-corrected chi connectivity index (χ2v) is 11.0. The standard InChI is InChI=1S/C18H21OSi/c1-18(2,3)20(15-14-19,16-10-6-4-7-11-16)17-12-8-5-9-13-17/h4-13H,15H2,1-3H3. The molecule has 0 aliphatic heterocycles. The monoisotopic (exact) mass is 281 g/mol. The van der Waals surface area contributed by atoms with E-state index in [4.69, 9.17) is 0 Å². The molecule has 20 heavy (non-hydrogen) atoms.